The van der Waals surface area contributed by atoms with Crippen molar-refractivity contribution in [2.45, 2.75) is 13.5 Å². The minimum Gasteiger partial charge on any atom is -0.371 e. The van der Waals surface area contributed by atoms with Crippen molar-refractivity contribution in [3.8, 4) is 0 Å². The maximum Gasteiger partial charge on any atom is 0.122 e. The summed E-state index contributed by atoms with van der Waals surface area (Å²) in [4.78, 5) is 12.7. The van der Waals surface area contributed by atoms with Crippen molar-refractivity contribution in [2.75, 3.05) is 11.9 Å². The standard InChI is InChI=1S/C22H22ClN5/c1-3-25-22(11-12-24-2)27-15-16-4-7-18(8-5-16)28-20-10-13-26-21-14-17(23)6-9-19(20)21/h4-14H,2-3,15H2,1H3,(H,25,27)(H,26,28)/b12-11-. The summed E-state index contributed by atoms with van der Waals surface area (Å²) in [6, 6.07) is 15.9. The smallest absolute Gasteiger partial charge is 0.122 e. The second-order valence-electron chi connectivity index (χ2n) is 6.07. The van der Waals surface area contributed by atoms with Crippen LogP contribution in [0, 0.1) is 0 Å². The summed E-state index contributed by atoms with van der Waals surface area (Å²) in [7, 11) is 0. The van der Waals surface area contributed by atoms with Gasteiger partial charge >= 0.3 is 0 Å². The van der Waals surface area contributed by atoms with Crippen LogP contribution in [0.4, 0.5) is 11.4 Å². The second-order valence-corrected chi connectivity index (χ2v) is 6.51. The van der Waals surface area contributed by atoms with Crippen molar-refractivity contribution in [3.63, 3.8) is 0 Å². The summed E-state index contributed by atoms with van der Waals surface area (Å²) < 4.78 is 0. The van der Waals surface area contributed by atoms with Crippen molar-refractivity contribution in [1.29, 1.82) is 0 Å². The van der Waals surface area contributed by atoms with Crippen LogP contribution < -0.4 is 10.6 Å². The fourth-order valence-electron chi connectivity index (χ4n) is 2.73. The fraction of sp³-hybridized carbons (Fsp3) is 0.136. The van der Waals surface area contributed by atoms with Crippen molar-refractivity contribution >= 4 is 46.4 Å². The molecule has 0 aliphatic carbocycles. The number of hydrogen-bond donors (Lipinski definition) is 2. The molecule has 3 aromatic rings. The van der Waals surface area contributed by atoms with E-state index in [1.165, 1.54) is 0 Å². The van der Waals surface area contributed by atoms with Crippen LogP contribution >= 0.6 is 11.6 Å². The van der Waals surface area contributed by atoms with Gasteiger partial charge in [0.25, 0.3) is 0 Å². The molecule has 0 fully saturated rings. The number of aliphatic imine (C=N–C) groups is 2. The number of pyridine rings is 1. The topological polar surface area (TPSA) is 61.7 Å². The Balaban J connectivity index is 1.73. The van der Waals surface area contributed by atoms with Gasteiger partial charge in [-0.2, -0.15) is 0 Å². The molecule has 0 radical (unpaired) electrons. The Bertz CT molecular complexity index is 1010. The highest BCUT2D eigenvalue weighted by atomic mass is 35.5. The van der Waals surface area contributed by atoms with E-state index < -0.39 is 0 Å². The second kappa shape index (κ2) is 9.67. The van der Waals surface area contributed by atoms with Gasteiger partial charge in [0.2, 0.25) is 0 Å². The molecule has 0 aliphatic heterocycles. The highest BCUT2D eigenvalue weighted by molar-refractivity contribution is 6.31. The normalized spacial score (nSPS) is 11.7. The van der Waals surface area contributed by atoms with Crippen molar-refractivity contribution in [3.05, 3.63) is 77.6 Å². The van der Waals surface area contributed by atoms with E-state index >= 15 is 0 Å². The molecule has 6 heteroatoms. The number of nitrogens with one attached hydrogen (secondary N) is 2. The number of aromatic nitrogens is 1. The van der Waals surface area contributed by atoms with Crippen LogP contribution in [0.25, 0.3) is 10.9 Å². The first-order chi connectivity index (χ1) is 13.7. The first-order valence-electron chi connectivity index (χ1n) is 9.00. The first kappa shape index (κ1) is 19.6. The molecule has 0 saturated carbocycles. The van der Waals surface area contributed by atoms with Gasteiger partial charge in [0.05, 0.1) is 12.1 Å². The van der Waals surface area contributed by atoms with Crippen molar-refractivity contribution in [1.82, 2.24) is 10.3 Å². The molecule has 5 nitrogen and oxygen atoms in total. The average molecular weight is 392 g/mol. The Kier molecular flexibility index (Phi) is 6.76. The third-order valence-corrected chi connectivity index (χ3v) is 4.30. The van der Waals surface area contributed by atoms with E-state index in [9.17, 15) is 0 Å². The summed E-state index contributed by atoms with van der Waals surface area (Å²) in [5.41, 5.74) is 3.97. The molecule has 1 heterocycles. The van der Waals surface area contributed by atoms with E-state index in [1.807, 2.05) is 49.4 Å². The van der Waals surface area contributed by atoms with Crippen LogP contribution in [-0.4, -0.2) is 24.1 Å². The predicted molar refractivity (Wildman–Crippen MR) is 120 cm³/mol. The number of fused-ring (bicyclic) bond motifs is 1. The lowest BCUT2D eigenvalue weighted by atomic mass is 10.1. The van der Waals surface area contributed by atoms with E-state index in [-0.39, 0.29) is 0 Å². The number of amidine groups is 1. The zero-order valence-corrected chi connectivity index (χ0v) is 16.4. The number of halogens is 1. The highest BCUT2D eigenvalue weighted by Crippen LogP contribution is 2.27. The fourth-order valence-corrected chi connectivity index (χ4v) is 2.89. The zero-order chi connectivity index (χ0) is 19.8. The van der Waals surface area contributed by atoms with Gasteiger partial charge in [-0.1, -0.05) is 23.7 Å². The average Bonchev–Trinajstić information content (AvgIpc) is 2.71. The maximum atomic E-state index is 6.06. The van der Waals surface area contributed by atoms with Gasteiger partial charge < -0.3 is 10.6 Å². The van der Waals surface area contributed by atoms with E-state index in [4.69, 9.17) is 11.6 Å². The maximum absolute atomic E-state index is 6.06. The lowest BCUT2D eigenvalue weighted by Crippen LogP contribution is -2.20. The third kappa shape index (κ3) is 5.18. The number of rotatable bonds is 7. The first-order valence-corrected chi connectivity index (χ1v) is 9.38. The number of nitrogens with zero attached hydrogens (tertiary/aromatic N) is 3. The van der Waals surface area contributed by atoms with Crippen molar-refractivity contribution < 1.29 is 0 Å². The van der Waals surface area contributed by atoms with Gasteiger partial charge in [-0.05, 0) is 61.7 Å². The Morgan fingerprint density at radius 3 is 2.75 bits per heavy atom. The van der Waals surface area contributed by atoms with E-state index in [2.05, 4.69) is 44.5 Å². The molecule has 2 N–H and O–H groups in total. The minimum absolute atomic E-state index is 0.584. The zero-order valence-electron chi connectivity index (χ0n) is 15.7. The van der Waals surface area contributed by atoms with Crippen LogP contribution in [0.1, 0.15) is 12.5 Å². The largest absolute Gasteiger partial charge is 0.371 e. The Hall–Kier alpha value is -3.18. The highest BCUT2D eigenvalue weighted by Gasteiger charge is 2.03. The van der Waals surface area contributed by atoms with Crippen LogP contribution in [0.15, 0.2) is 77.0 Å². The monoisotopic (exact) mass is 391 g/mol. The van der Waals surface area contributed by atoms with Gasteiger partial charge in [0.15, 0.2) is 0 Å². The molecular weight excluding hydrogens is 370 g/mol. The van der Waals surface area contributed by atoms with Gasteiger partial charge in [-0.25, -0.2) is 0 Å². The number of hydrogen-bond acceptors (Lipinski definition) is 4. The number of benzene rings is 2. The SMILES string of the molecule is C=N/C=C\C(=NCc1ccc(Nc2ccnc3cc(Cl)ccc23)cc1)NCC. The summed E-state index contributed by atoms with van der Waals surface area (Å²) in [5.74, 6) is 0.791. The number of likely N-dealkylation sites (N-methyl/N-ethyl adjacent to an activating group) is 1. The molecule has 0 amide bonds. The van der Waals surface area contributed by atoms with Gasteiger partial charge in [0, 0.05) is 40.7 Å². The molecule has 0 atom stereocenters. The Morgan fingerprint density at radius 2 is 2.00 bits per heavy atom. The molecule has 2 aromatic carbocycles. The Labute approximate surface area is 169 Å². The third-order valence-electron chi connectivity index (χ3n) is 4.07. The summed E-state index contributed by atoms with van der Waals surface area (Å²) in [6.07, 6.45) is 5.21. The molecule has 28 heavy (non-hydrogen) atoms. The van der Waals surface area contributed by atoms with Crippen LogP contribution in [0.2, 0.25) is 5.02 Å². The van der Waals surface area contributed by atoms with E-state index in [0.29, 0.717) is 11.6 Å². The Morgan fingerprint density at radius 1 is 1.18 bits per heavy atom. The van der Waals surface area contributed by atoms with E-state index in [0.717, 1.165) is 40.2 Å². The van der Waals surface area contributed by atoms with E-state index in [1.54, 1.807) is 12.4 Å². The summed E-state index contributed by atoms with van der Waals surface area (Å²) in [5, 5.41) is 8.35. The molecule has 3 rings (SSSR count). The summed E-state index contributed by atoms with van der Waals surface area (Å²) >= 11 is 6.06. The summed E-state index contributed by atoms with van der Waals surface area (Å²) in [6.45, 7) is 6.85. The molecule has 0 aliphatic rings. The van der Waals surface area contributed by atoms with Gasteiger partial charge in [-0.3, -0.25) is 15.0 Å². The molecule has 0 unspecified atom stereocenters. The van der Waals surface area contributed by atoms with Gasteiger partial charge in [0.1, 0.15) is 5.84 Å². The number of anilines is 2. The van der Waals surface area contributed by atoms with Crippen LogP contribution in [0.3, 0.4) is 0 Å². The quantitative estimate of drug-likeness (QED) is 0.421. The molecule has 1 aromatic heterocycles. The molecule has 0 bridgehead atoms. The molecular formula is C22H22ClN5. The molecule has 0 saturated heterocycles. The van der Waals surface area contributed by atoms with Crippen molar-refractivity contribution in [2.24, 2.45) is 9.98 Å². The van der Waals surface area contributed by atoms with Crippen LogP contribution in [-0.2, 0) is 6.54 Å². The van der Waals surface area contributed by atoms with Crippen LogP contribution in [0.5, 0.6) is 0 Å². The predicted octanol–water partition coefficient (Wildman–Crippen LogP) is 5.35. The lowest BCUT2D eigenvalue weighted by molar-refractivity contribution is 0.943. The minimum atomic E-state index is 0.584. The molecule has 0 spiro atoms. The molecule has 142 valence electrons. The van der Waals surface area contributed by atoms with Gasteiger partial charge in [-0.15, -0.1) is 0 Å². The lowest BCUT2D eigenvalue weighted by Gasteiger charge is -2.10.